The molecule has 0 bridgehead atoms. The lowest BCUT2D eigenvalue weighted by atomic mass is 10.1. The molecule has 0 saturated carbocycles. The number of hydrogen-bond donors (Lipinski definition) is 1. The van der Waals surface area contributed by atoms with Crippen molar-refractivity contribution in [3.05, 3.63) is 70.6 Å². The number of amides is 3. The van der Waals surface area contributed by atoms with E-state index >= 15 is 0 Å². The van der Waals surface area contributed by atoms with Crippen molar-refractivity contribution in [3.8, 4) is 5.75 Å². The Hall–Kier alpha value is -3.06. The van der Waals surface area contributed by atoms with Crippen LogP contribution in [-0.2, 0) is 16.0 Å². The summed E-state index contributed by atoms with van der Waals surface area (Å²) >= 11 is 0.914. The number of imide groups is 1. The molecule has 2 aromatic carbocycles. The number of nitrogens with one attached hydrogen (secondary N) is 1. The molecule has 0 unspecified atom stereocenters. The van der Waals surface area contributed by atoms with Gasteiger partial charge in [-0.1, -0.05) is 42.5 Å². The molecule has 6 nitrogen and oxygen atoms in total. The van der Waals surface area contributed by atoms with E-state index in [0.29, 0.717) is 10.7 Å². The van der Waals surface area contributed by atoms with E-state index in [1.807, 2.05) is 48.5 Å². The van der Waals surface area contributed by atoms with Crippen molar-refractivity contribution in [1.82, 2.24) is 10.2 Å². The molecular weight excluding hydrogens is 376 g/mol. The van der Waals surface area contributed by atoms with E-state index in [1.54, 1.807) is 19.3 Å². The zero-order chi connectivity index (χ0) is 19.9. The molecule has 2 aromatic rings. The molecule has 0 aromatic heterocycles. The van der Waals surface area contributed by atoms with Crippen LogP contribution >= 0.6 is 11.8 Å². The fourth-order valence-corrected chi connectivity index (χ4v) is 3.60. The molecule has 144 valence electrons. The number of rotatable bonds is 7. The lowest BCUT2D eigenvalue weighted by molar-refractivity contribution is -0.124. The molecule has 3 rings (SSSR count). The van der Waals surface area contributed by atoms with Crippen LogP contribution in [0.2, 0.25) is 0 Å². The largest absolute Gasteiger partial charge is 0.497 e. The number of nitrogens with zero attached hydrogens (tertiary/aromatic N) is 1. The maximum absolute atomic E-state index is 12.4. The number of ether oxygens (including phenoxy) is 1. The molecule has 1 saturated heterocycles. The van der Waals surface area contributed by atoms with Crippen molar-refractivity contribution in [1.29, 1.82) is 0 Å². The number of thioether (sulfide) groups is 1. The van der Waals surface area contributed by atoms with Gasteiger partial charge >= 0.3 is 0 Å². The van der Waals surface area contributed by atoms with Gasteiger partial charge in [0, 0.05) is 13.1 Å². The van der Waals surface area contributed by atoms with Crippen LogP contribution in [0.15, 0.2) is 59.5 Å². The van der Waals surface area contributed by atoms with Crippen LogP contribution in [0.25, 0.3) is 6.08 Å². The highest BCUT2D eigenvalue weighted by molar-refractivity contribution is 8.18. The van der Waals surface area contributed by atoms with E-state index in [4.69, 9.17) is 4.74 Å². The molecule has 0 spiro atoms. The van der Waals surface area contributed by atoms with Gasteiger partial charge in [-0.05, 0) is 41.1 Å². The zero-order valence-corrected chi connectivity index (χ0v) is 16.2. The van der Waals surface area contributed by atoms with Crippen LogP contribution in [0.1, 0.15) is 11.1 Å². The molecular formula is C21H20N2O4S. The van der Waals surface area contributed by atoms with E-state index < -0.39 is 0 Å². The standard InChI is InChI=1S/C21H20N2O4S/c1-27-17-9-5-8-16(12-17)14-19(24)22-10-11-23-20(25)18(28-21(23)26)13-15-6-3-2-4-7-15/h2-9,12-13H,10-11,14H2,1H3,(H,22,24). The van der Waals surface area contributed by atoms with E-state index in [-0.39, 0.29) is 36.6 Å². The first kappa shape index (κ1) is 19.7. The van der Waals surface area contributed by atoms with Crippen molar-refractivity contribution < 1.29 is 19.1 Å². The second kappa shape index (κ2) is 9.23. The quantitative estimate of drug-likeness (QED) is 0.728. The lowest BCUT2D eigenvalue weighted by Crippen LogP contribution is -2.37. The van der Waals surface area contributed by atoms with Crippen LogP contribution in [0.4, 0.5) is 4.79 Å². The molecule has 3 amide bonds. The smallest absolute Gasteiger partial charge is 0.293 e. The molecule has 1 N–H and O–H groups in total. The minimum atomic E-state index is -0.333. The molecule has 28 heavy (non-hydrogen) atoms. The molecule has 7 heteroatoms. The normalized spacial score (nSPS) is 15.2. The number of benzene rings is 2. The summed E-state index contributed by atoms with van der Waals surface area (Å²) in [5.41, 5.74) is 1.69. The Bertz CT molecular complexity index is 912. The van der Waals surface area contributed by atoms with Crippen molar-refractivity contribution in [2.45, 2.75) is 6.42 Å². The Morgan fingerprint density at radius 1 is 1.14 bits per heavy atom. The van der Waals surface area contributed by atoms with Gasteiger partial charge < -0.3 is 10.1 Å². The van der Waals surface area contributed by atoms with E-state index in [9.17, 15) is 14.4 Å². The number of methoxy groups -OCH3 is 1. The molecule has 0 atom stereocenters. The van der Waals surface area contributed by atoms with Gasteiger partial charge in [-0.3, -0.25) is 19.3 Å². The summed E-state index contributed by atoms with van der Waals surface area (Å²) in [6.07, 6.45) is 1.90. The fourth-order valence-electron chi connectivity index (χ4n) is 2.73. The predicted octanol–water partition coefficient (Wildman–Crippen LogP) is 3.09. The summed E-state index contributed by atoms with van der Waals surface area (Å²) in [6, 6.07) is 16.6. The number of hydrogen-bond acceptors (Lipinski definition) is 5. The van der Waals surface area contributed by atoms with Gasteiger partial charge in [0.1, 0.15) is 5.75 Å². The average Bonchev–Trinajstić information content (AvgIpc) is 2.96. The second-order valence-corrected chi connectivity index (χ2v) is 7.12. The molecule has 0 radical (unpaired) electrons. The number of carbonyl (C=O) groups is 3. The van der Waals surface area contributed by atoms with E-state index in [1.165, 1.54) is 0 Å². The zero-order valence-electron chi connectivity index (χ0n) is 15.4. The minimum absolute atomic E-state index is 0.140. The van der Waals surface area contributed by atoms with Gasteiger partial charge in [0.2, 0.25) is 5.91 Å². The Balaban J connectivity index is 1.51. The molecule has 1 aliphatic rings. The Morgan fingerprint density at radius 2 is 1.93 bits per heavy atom. The summed E-state index contributed by atoms with van der Waals surface area (Å²) < 4.78 is 5.14. The predicted molar refractivity (Wildman–Crippen MR) is 109 cm³/mol. The summed E-state index contributed by atoms with van der Waals surface area (Å²) in [5.74, 6) is 0.175. The maximum Gasteiger partial charge on any atom is 0.293 e. The van der Waals surface area contributed by atoms with Crippen LogP contribution in [0, 0.1) is 0 Å². The molecule has 1 fully saturated rings. The van der Waals surface area contributed by atoms with Crippen molar-refractivity contribution in [2.24, 2.45) is 0 Å². The third-order valence-electron chi connectivity index (χ3n) is 4.13. The minimum Gasteiger partial charge on any atom is -0.497 e. The van der Waals surface area contributed by atoms with Gasteiger partial charge in [-0.15, -0.1) is 0 Å². The Morgan fingerprint density at radius 3 is 2.68 bits per heavy atom. The summed E-state index contributed by atoms with van der Waals surface area (Å²) in [5, 5.41) is 2.42. The number of carbonyl (C=O) groups excluding carboxylic acids is 3. The molecule has 0 aliphatic carbocycles. The van der Waals surface area contributed by atoms with Gasteiger partial charge in [0.05, 0.1) is 18.4 Å². The van der Waals surface area contributed by atoms with Crippen LogP contribution in [-0.4, -0.2) is 42.2 Å². The third kappa shape index (κ3) is 5.01. The van der Waals surface area contributed by atoms with E-state index in [2.05, 4.69) is 5.32 Å². The SMILES string of the molecule is COc1cccc(CC(=O)NCCN2C(=O)SC(=Cc3ccccc3)C2=O)c1. The summed E-state index contributed by atoms with van der Waals surface area (Å²) in [7, 11) is 1.57. The summed E-state index contributed by atoms with van der Waals surface area (Å²) in [4.78, 5) is 38.2. The Kier molecular flexibility index (Phi) is 6.49. The van der Waals surface area contributed by atoms with E-state index in [0.717, 1.165) is 27.8 Å². The second-order valence-electron chi connectivity index (χ2n) is 6.12. The van der Waals surface area contributed by atoms with Gasteiger partial charge in [0.25, 0.3) is 11.1 Å². The average molecular weight is 396 g/mol. The maximum atomic E-state index is 12.4. The Labute approximate surface area is 167 Å². The monoisotopic (exact) mass is 396 g/mol. The highest BCUT2D eigenvalue weighted by Gasteiger charge is 2.34. The van der Waals surface area contributed by atoms with Crippen LogP contribution < -0.4 is 10.1 Å². The first-order valence-corrected chi connectivity index (χ1v) is 9.58. The van der Waals surface area contributed by atoms with Crippen molar-refractivity contribution in [3.63, 3.8) is 0 Å². The summed E-state index contributed by atoms with van der Waals surface area (Å²) in [6.45, 7) is 0.347. The van der Waals surface area contributed by atoms with Crippen molar-refractivity contribution >= 4 is 34.9 Å². The fraction of sp³-hybridized carbons (Fsp3) is 0.190. The highest BCUT2D eigenvalue weighted by Crippen LogP contribution is 2.31. The van der Waals surface area contributed by atoms with Crippen LogP contribution in [0.5, 0.6) is 5.75 Å². The van der Waals surface area contributed by atoms with Gasteiger partial charge in [-0.25, -0.2) is 0 Å². The molecule has 1 aliphatic heterocycles. The topological polar surface area (TPSA) is 75.7 Å². The van der Waals surface area contributed by atoms with Crippen molar-refractivity contribution in [2.75, 3.05) is 20.2 Å². The molecule has 1 heterocycles. The lowest BCUT2D eigenvalue weighted by Gasteiger charge is -2.13. The van der Waals surface area contributed by atoms with Gasteiger partial charge in [-0.2, -0.15) is 0 Å². The third-order valence-corrected chi connectivity index (χ3v) is 5.03. The first-order chi connectivity index (χ1) is 13.6. The highest BCUT2D eigenvalue weighted by atomic mass is 32.2. The van der Waals surface area contributed by atoms with Gasteiger partial charge in [0.15, 0.2) is 0 Å². The van der Waals surface area contributed by atoms with Crippen LogP contribution in [0.3, 0.4) is 0 Å². The first-order valence-electron chi connectivity index (χ1n) is 8.77.